The Hall–Kier alpha value is -7.68. The van der Waals surface area contributed by atoms with Crippen LogP contribution in [0.1, 0.15) is 11.5 Å². The topological polar surface area (TPSA) is 22.4 Å². The number of ether oxygens (including phenoxy) is 1. The zero-order valence-electron chi connectivity index (χ0n) is 32.6. The molecule has 1 aliphatic carbocycles. The Morgan fingerprint density at radius 2 is 0.750 bits per heavy atom. The first-order valence-corrected chi connectivity index (χ1v) is 20.8. The molecule has 0 fully saturated rings. The van der Waals surface area contributed by atoms with E-state index in [0.29, 0.717) is 0 Å². The molecule has 60 heavy (non-hydrogen) atoms. The maximum absolute atomic E-state index is 6.65. The van der Waals surface area contributed by atoms with Crippen molar-refractivity contribution in [3.63, 3.8) is 0 Å². The fraction of sp³-hybridized carbons (Fsp3) is 0.0345. The van der Waals surface area contributed by atoms with E-state index in [0.717, 1.165) is 27.4 Å². The molecule has 0 saturated carbocycles. The summed E-state index contributed by atoms with van der Waals surface area (Å²) >= 11 is 0. The quantitative estimate of drug-likeness (QED) is 0.178. The second kappa shape index (κ2) is 12.9. The zero-order chi connectivity index (χ0) is 39.3. The molecule has 280 valence electrons. The molecule has 2 heteroatoms. The summed E-state index contributed by atoms with van der Waals surface area (Å²) in [7, 11) is 0. The SMILES string of the molecule is C1=c2oc3ccc(-c4ccc5ccc(-c6ccc7ccccc7c6)cc5c4)cc3c2=CC2Oc3ccc(-c4ccc5ccc(-c6ccc7ccccc7c6)cc5c4)cc3C12. The third-order valence-electron chi connectivity index (χ3n) is 12.9. The van der Waals surface area contributed by atoms with E-state index in [1.165, 1.54) is 93.2 Å². The molecule has 0 radical (unpaired) electrons. The van der Waals surface area contributed by atoms with Crippen LogP contribution < -0.4 is 15.4 Å². The maximum atomic E-state index is 6.65. The van der Waals surface area contributed by atoms with Crippen molar-refractivity contribution in [1.29, 1.82) is 0 Å². The van der Waals surface area contributed by atoms with E-state index in [9.17, 15) is 0 Å². The maximum Gasteiger partial charge on any atom is 0.135 e. The molecule has 2 unspecified atom stereocenters. The van der Waals surface area contributed by atoms with Crippen molar-refractivity contribution in [1.82, 2.24) is 0 Å². The van der Waals surface area contributed by atoms with Gasteiger partial charge in [0.25, 0.3) is 0 Å². The summed E-state index contributed by atoms with van der Waals surface area (Å²) in [6.07, 6.45) is 4.45. The van der Waals surface area contributed by atoms with Gasteiger partial charge in [-0.25, -0.2) is 0 Å². The van der Waals surface area contributed by atoms with Crippen LogP contribution in [0.25, 0.3) is 111 Å². The summed E-state index contributed by atoms with van der Waals surface area (Å²) in [6.45, 7) is 0. The average Bonchev–Trinajstić information content (AvgIpc) is 3.86. The van der Waals surface area contributed by atoms with Crippen molar-refractivity contribution >= 4 is 66.2 Å². The standard InChI is InChI=1S/C58H36O2/c1-3-7-39-25-41(15-9-35(39)5-1)43-17-11-37-13-19-45(29-49(37)27-43)47-21-23-55-51(31-47)53-33-58-54(34-57(53)59-55)52-32-48(22-24-56(52)60-58)46-20-14-38-12-18-44(28-50(38)30-46)42-16-10-36-6-2-4-8-40(36)26-42/h1-34,53,57H. The van der Waals surface area contributed by atoms with Crippen LogP contribution in [-0.2, 0) is 0 Å². The van der Waals surface area contributed by atoms with Gasteiger partial charge in [-0.3, -0.25) is 0 Å². The lowest BCUT2D eigenvalue weighted by Gasteiger charge is -2.14. The van der Waals surface area contributed by atoms with Gasteiger partial charge < -0.3 is 9.15 Å². The van der Waals surface area contributed by atoms with Crippen LogP contribution >= 0.6 is 0 Å². The number of fused-ring (bicyclic) bond motifs is 10. The largest absolute Gasteiger partial charge is 0.485 e. The summed E-state index contributed by atoms with van der Waals surface area (Å²) in [5, 5.41) is 12.2. The summed E-state index contributed by atoms with van der Waals surface area (Å²) in [4.78, 5) is 0. The number of benzene rings is 10. The van der Waals surface area contributed by atoms with Gasteiger partial charge in [-0.15, -0.1) is 0 Å². The highest BCUT2D eigenvalue weighted by molar-refractivity contribution is 5.96. The Labute approximate surface area is 346 Å². The van der Waals surface area contributed by atoms with Crippen molar-refractivity contribution < 1.29 is 9.15 Å². The summed E-state index contributed by atoms with van der Waals surface area (Å²) in [5.74, 6) is 1.01. The molecule has 0 amide bonds. The monoisotopic (exact) mass is 764 g/mol. The molecule has 13 rings (SSSR count). The van der Waals surface area contributed by atoms with Crippen molar-refractivity contribution in [3.8, 4) is 50.3 Å². The number of furan rings is 1. The van der Waals surface area contributed by atoms with E-state index in [1.54, 1.807) is 0 Å². The molecule has 11 aromatic rings. The highest BCUT2D eigenvalue weighted by Crippen LogP contribution is 2.43. The van der Waals surface area contributed by atoms with Crippen LogP contribution in [0, 0.1) is 0 Å². The molecular weight excluding hydrogens is 729 g/mol. The molecule has 2 nitrogen and oxygen atoms in total. The Morgan fingerprint density at radius 1 is 0.333 bits per heavy atom. The van der Waals surface area contributed by atoms with Crippen molar-refractivity contribution in [3.05, 3.63) is 210 Å². The van der Waals surface area contributed by atoms with Gasteiger partial charge in [-0.2, -0.15) is 0 Å². The third-order valence-corrected chi connectivity index (χ3v) is 12.9. The Kier molecular flexibility index (Phi) is 7.17. The molecule has 0 spiro atoms. The minimum atomic E-state index is -0.0949. The fourth-order valence-corrected chi connectivity index (χ4v) is 9.70. The normalized spacial score (nSPS) is 15.4. The number of rotatable bonds is 4. The molecule has 2 atom stereocenters. The first kappa shape index (κ1) is 33.3. The van der Waals surface area contributed by atoms with Gasteiger partial charge in [0.1, 0.15) is 22.9 Å². The smallest absolute Gasteiger partial charge is 0.135 e. The number of hydrogen-bond donors (Lipinski definition) is 0. The summed E-state index contributed by atoms with van der Waals surface area (Å²) in [5.41, 5.74) is 12.6. The molecule has 1 aromatic heterocycles. The van der Waals surface area contributed by atoms with Gasteiger partial charge >= 0.3 is 0 Å². The minimum absolute atomic E-state index is 0.0738. The number of hydrogen-bond acceptors (Lipinski definition) is 2. The molecule has 0 bridgehead atoms. The van der Waals surface area contributed by atoms with Gasteiger partial charge in [0.15, 0.2) is 0 Å². The van der Waals surface area contributed by atoms with Gasteiger partial charge in [-0.1, -0.05) is 133 Å². The second-order valence-corrected chi connectivity index (χ2v) is 16.5. The zero-order valence-corrected chi connectivity index (χ0v) is 32.6. The van der Waals surface area contributed by atoms with E-state index in [2.05, 4.69) is 206 Å². The Morgan fingerprint density at radius 3 is 1.28 bits per heavy atom. The van der Waals surface area contributed by atoms with Crippen LogP contribution in [0.3, 0.4) is 0 Å². The highest BCUT2D eigenvalue weighted by Gasteiger charge is 2.34. The predicted molar refractivity (Wildman–Crippen MR) is 250 cm³/mol. The lowest BCUT2D eigenvalue weighted by molar-refractivity contribution is 0.287. The molecule has 10 aromatic carbocycles. The first-order chi connectivity index (χ1) is 29.6. The minimum Gasteiger partial charge on any atom is -0.485 e. The first-order valence-electron chi connectivity index (χ1n) is 20.8. The van der Waals surface area contributed by atoms with Gasteiger partial charge in [0.05, 0.1) is 5.92 Å². The fourth-order valence-electron chi connectivity index (χ4n) is 9.70. The van der Waals surface area contributed by atoms with Crippen molar-refractivity contribution in [2.24, 2.45) is 0 Å². The van der Waals surface area contributed by atoms with E-state index in [-0.39, 0.29) is 12.0 Å². The molecular formula is C58H36O2. The average molecular weight is 765 g/mol. The second-order valence-electron chi connectivity index (χ2n) is 16.5. The van der Waals surface area contributed by atoms with Gasteiger partial charge in [0, 0.05) is 16.2 Å². The lowest BCUT2D eigenvalue weighted by Crippen LogP contribution is -2.32. The van der Waals surface area contributed by atoms with Crippen LogP contribution in [0.4, 0.5) is 0 Å². The Balaban J connectivity index is 0.821. The molecule has 2 aliphatic rings. The van der Waals surface area contributed by atoms with Gasteiger partial charge in [-0.05, 0) is 160 Å². The van der Waals surface area contributed by atoms with Crippen LogP contribution in [0.15, 0.2) is 199 Å². The van der Waals surface area contributed by atoms with Gasteiger partial charge in [0.2, 0.25) is 0 Å². The molecule has 0 N–H and O–H groups in total. The molecule has 1 aliphatic heterocycles. The Bertz CT molecular complexity index is 3720. The third kappa shape index (κ3) is 5.42. The summed E-state index contributed by atoms with van der Waals surface area (Å²) < 4.78 is 13.2. The van der Waals surface area contributed by atoms with E-state index >= 15 is 0 Å². The molecule has 0 saturated heterocycles. The van der Waals surface area contributed by atoms with Crippen LogP contribution in [0.5, 0.6) is 5.75 Å². The van der Waals surface area contributed by atoms with Crippen LogP contribution in [0.2, 0.25) is 0 Å². The van der Waals surface area contributed by atoms with E-state index in [1.807, 2.05) is 0 Å². The van der Waals surface area contributed by atoms with E-state index < -0.39 is 0 Å². The van der Waals surface area contributed by atoms with Crippen LogP contribution in [-0.4, -0.2) is 6.10 Å². The molecule has 2 heterocycles. The van der Waals surface area contributed by atoms with Crippen molar-refractivity contribution in [2.45, 2.75) is 12.0 Å². The predicted octanol–water partition coefficient (Wildman–Crippen LogP) is 13.8. The van der Waals surface area contributed by atoms with Crippen molar-refractivity contribution in [2.75, 3.05) is 0 Å². The highest BCUT2D eigenvalue weighted by atomic mass is 16.5. The lowest BCUT2D eigenvalue weighted by atomic mass is 9.89. The van der Waals surface area contributed by atoms with E-state index in [4.69, 9.17) is 9.15 Å². The summed E-state index contributed by atoms with van der Waals surface area (Å²) in [6, 6.07) is 70.9.